The van der Waals surface area contributed by atoms with Crippen molar-refractivity contribution in [1.82, 2.24) is 14.9 Å². The molecule has 8 heteroatoms. The van der Waals surface area contributed by atoms with Gasteiger partial charge in [0.1, 0.15) is 5.82 Å². The molecule has 174 valence electrons. The Kier molecular flexibility index (Phi) is 5.83. The van der Waals surface area contributed by atoms with E-state index in [0.717, 1.165) is 35.3 Å². The molecule has 0 spiro atoms. The van der Waals surface area contributed by atoms with Gasteiger partial charge in [-0.15, -0.1) is 0 Å². The number of likely N-dealkylation sites (tertiary alicyclic amines) is 1. The van der Waals surface area contributed by atoms with Gasteiger partial charge in [0, 0.05) is 24.6 Å². The van der Waals surface area contributed by atoms with E-state index in [4.69, 9.17) is 4.98 Å². The smallest absolute Gasteiger partial charge is 0.261 e. The van der Waals surface area contributed by atoms with Crippen molar-refractivity contribution in [2.75, 3.05) is 17.8 Å². The highest BCUT2D eigenvalue weighted by Crippen LogP contribution is 2.28. The lowest BCUT2D eigenvalue weighted by Crippen LogP contribution is -2.38. The number of piperidine rings is 1. The van der Waals surface area contributed by atoms with E-state index in [1.807, 2.05) is 48.2 Å². The second-order valence-corrected chi connectivity index (χ2v) is 10.3. The highest BCUT2D eigenvalue weighted by atomic mass is 32.2. The second-order valence-electron chi connectivity index (χ2n) is 8.65. The summed E-state index contributed by atoms with van der Waals surface area (Å²) < 4.78 is 28.1. The van der Waals surface area contributed by atoms with Crippen LogP contribution in [-0.2, 0) is 10.0 Å². The SMILES string of the molecule is Cc1ccccc1NS(=O)(=O)c1ccc(C(=O)N2CCC(c3nc4ccccc4[nH]3)CC2)cc1. The Morgan fingerprint density at radius 2 is 1.65 bits per heavy atom. The number of para-hydroxylation sites is 3. The number of nitrogens with one attached hydrogen (secondary N) is 2. The third-order valence-electron chi connectivity index (χ3n) is 6.38. The molecule has 1 fully saturated rings. The second kappa shape index (κ2) is 8.95. The van der Waals surface area contributed by atoms with Crippen molar-refractivity contribution in [3.8, 4) is 0 Å². The molecule has 0 atom stereocenters. The Labute approximate surface area is 198 Å². The average Bonchev–Trinajstić information content (AvgIpc) is 3.30. The van der Waals surface area contributed by atoms with Crippen molar-refractivity contribution in [3.63, 3.8) is 0 Å². The van der Waals surface area contributed by atoms with Crippen LogP contribution >= 0.6 is 0 Å². The van der Waals surface area contributed by atoms with Crippen LogP contribution in [0.1, 0.15) is 40.5 Å². The van der Waals surface area contributed by atoms with Crippen LogP contribution in [0.3, 0.4) is 0 Å². The summed E-state index contributed by atoms with van der Waals surface area (Å²) in [5, 5.41) is 0. The summed E-state index contributed by atoms with van der Waals surface area (Å²) in [5.74, 6) is 1.18. The number of carbonyl (C=O) groups excluding carboxylic acids is 1. The number of fused-ring (bicyclic) bond motifs is 1. The number of benzene rings is 3. The Morgan fingerprint density at radius 1 is 0.971 bits per heavy atom. The minimum Gasteiger partial charge on any atom is -0.342 e. The summed E-state index contributed by atoms with van der Waals surface area (Å²) in [7, 11) is -3.74. The van der Waals surface area contributed by atoms with Crippen LogP contribution < -0.4 is 4.72 Å². The zero-order chi connectivity index (χ0) is 23.7. The summed E-state index contributed by atoms with van der Waals surface area (Å²) in [5.41, 5.74) is 3.85. The molecule has 0 aliphatic carbocycles. The first-order valence-corrected chi connectivity index (χ1v) is 12.8. The molecule has 0 radical (unpaired) electrons. The topological polar surface area (TPSA) is 95.2 Å². The summed E-state index contributed by atoms with van der Waals surface area (Å²) in [4.78, 5) is 23.1. The lowest BCUT2D eigenvalue weighted by molar-refractivity contribution is 0.0711. The van der Waals surface area contributed by atoms with E-state index in [1.54, 1.807) is 24.3 Å². The van der Waals surface area contributed by atoms with Crippen LogP contribution in [0.4, 0.5) is 5.69 Å². The van der Waals surface area contributed by atoms with Crippen molar-refractivity contribution in [3.05, 3.63) is 89.7 Å². The fourth-order valence-corrected chi connectivity index (χ4v) is 5.50. The van der Waals surface area contributed by atoms with E-state index in [0.29, 0.717) is 24.3 Å². The third-order valence-corrected chi connectivity index (χ3v) is 7.76. The molecule has 1 saturated heterocycles. The number of hydrogen-bond acceptors (Lipinski definition) is 4. The van der Waals surface area contributed by atoms with Gasteiger partial charge in [-0.2, -0.15) is 0 Å². The van der Waals surface area contributed by atoms with Crippen LogP contribution in [0, 0.1) is 6.92 Å². The van der Waals surface area contributed by atoms with Crippen LogP contribution in [0.15, 0.2) is 77.7 Å². The van der Waals surface area contributed by atoms with Gasteiger partial charge in [0.2, 0.25) is 0 Å². The van der Waals surface area contributed by atoms with Gasteiger partial charge in [0.05, 0.1) is 21.6 Å². The molecule has 1 aliphatic rings. The molecular weight excluding hydrogens is 448 g/mol. The van der Waals surface area contributed by atoms with Crippen molar-refractivity contribution < 1.29 is 13.2 Å². The maximum Gasteiger partial charge on any atom is 0.261 e. The van der Waals surface area contributed by atoms with Crippen molar-refractivity contribution in [2.45, 2.75) is 30.6 Å². The molecule has 5 rings (SSSR count). The number of amides is 1. The van der Waals surface area contributed by atoms with E-state index >= 15 is 0 Å². The number of anilines is 1. The Hall–Kier alpha value is -3.65. The van der Waals surface area contributed by atoms with Crippen LogP contribution in [0.25, 0.3) is 11.0 Å². The fourth-order valence-electron chi connectivity index (χ4n) is 4.37. The van der Waals surface area contributed by atoms with Gasteiger partial charge in [-0.3, -0.25) is 9.52 Å². The van der Waals surface area contributed by atoms with E-state index in [-0.39, 0.29) is 16.7 Å². The molecule has 7 nitrogen and oxygen atoms in total. The van der Waals surface area contributed by atoms with Gasteiger partial charge in [0.15, 0.2) is 0 Å². The molecule has 1 amide bonds. The number of aromatic amines is 1. The molecule has 0 saturated carbocycles. The zero-order valence-electron chi connectivity index (χ0n) is 18.9. The number of nitrogens with zero attached hydrogens (tertiary/aromatic N) is 2. The average molecular weight is 475 g/mol. The van der Waals surface area contributed by atoms with E-state index < -0.39 is 10.0 Å². The predicted molar refractivity (Wildman–Crippen MR) is 132 cm³/mol. The van der Waals surface area contributed by atoms with Gasteiger partial charge < -0.3 is 9.88 Å². The molecule has 0 bridgehead atoms. The first kappa shape index (κ1) is 22.2. The lowest BCUT2D eigenvalue weighted by atomic mass is 9.95. The Balaban J connectivity index is 1.23. The molecule has 2 heterocycles. The maximum absolute atomic E-state index is 13.0. The molecular formula is C26H26N4O3S. The molecule has 1 aliphatic heterocycles. The van der Waals surface area contributed by atoms with Crippen LogP contribution in [-0.4, -0.2) is 42.3 Å². The summed E-state index contributed by atoms with van der Waals surface area (Å²) in [6, 6.07) is 21.3. The number of carbonyl (C=O) groups is 1. The summed E-state index contributed by atoms with van der Waals surface area (Å²) >= 11 is 0. The number of sulfonamides is 1. The number of rotatable bonds is 5. The maximum atomic E-state index is 13.0. The molecule has 2 N–H and O–H groups in total. The standard InChI is InChI=1S/C26H26N4O3S/c1-18-6-2-3-7-22(18)29-34(32,33)21-12-10-20(11-13-21)26(31)30-16-14-19(15-17-30)25-27-23-8-4-5-9-24(23)28-25/h2-13,19,29H,14-17H2,1H3,(H,27,28). The van der Waals surface area contributed by atoms with Crippen LogP contribution in [0.2, 0.25) is 0 Å². The van der Waals surface area contributed by atoms with Crippen molar-refractivity contribution >= 4 is 32.7 Å². The normalized spacial score (nSPS) is 14.9. The van der Waals surface area contributed by atoms with Crippen LogP contribution in [0.5, 0.6) is 0 Å². The number of imidazole rings is 1. The molecule has 0 unspecified atom stereocenters. The monoisotopic (exact) mass is 474 g/mol. The van der Waals surface area contributed by atoms with E-state index in [2.05, 4.69) is 9.71 Å². The summed E-state index contributed by atoms with van der Waals surface area (Å²) in [6.07, 6.45) is 1.66. The Bertz CT molecular complexity index is 1400. The minimum atomic E-state index is -3.74. The fraction of sp³-hybridized carbons (Fsp3) is 0.231. The Morgan fingerprint density at radius 3 is 2.35 bits per heavy atom. The molecule has 34 heavy (non-hydrogen) atoms. The van der Waals surface area contributed by atoms with E-state index in [9.17, 15) is 13.2 Å². The van der Waals surface area contributed by atoms with Crippen molar-refractivity contribution in [1.29, 1.82) is 0 Å². The van der Waals surface area contributed by atoms with E-state index in [1.165, 1.54) is 12.1 Å². The minimum absolute atomic E-state index is 0.0844. The van der Waals surface area contributed by atoms with Gasteiger partial charge in [0.25, 0.3) is 15.9 Å². The lowest BCUT2D eigenvalue weighted by Gasteiger charge is -2.31. The number of H-pyrrole nitrogens is 1. The predicted octanol–water partition coefficient (Wildman–Crippen LogP) is 4.69. The quantitative estimate of drug-likeness (QED) is 0.439. The van der Waals surface area contributed by atoms with Gasteiger partial charge >= 0.3 is 0 Å². The number of hydrogen-bond donors (Lipinski definition) is 2. The van der Waals surface area contributed by atoms with Gasteiger partial charge in [-0.05, 0) is 67.8 Å². The number of aromatic nitrogens is 2. The van der Waals surface area contributed by atoms with Crippen molar-refractivity contribution in [2.24, 2.45) is 0 Å². The largest absolute Gasteiger partial charge is 0.342 e. The highest BCUT2D eigenvalue weighted by molar-refractivity contribution is 7.92. The first-order valence-electron chi connectivity index (χ1n) is 11.3. The highest BCUT2D eigenvalue weighted by Gasteiger charge is 2.26. The molecule has 4 aromatic rings. The summed E-state index contributed by atoms with van der Waals surface area (Å²) in [6.45, 7) is 3.11. The first-order chi connectivity index (χ1) is 16.4. The zero-order valence-corrected chi connectivity index (χ0v) is 19.7. The number of aryl methyl sites for hydroxylation is 1. The van der Waals surface area contributed by atoms with Gasteiger partial charge in [-0.25, -0.2) is 13.4 Å². The molecule has 1 aromatic heterocycles. The van der Waals surface area contributed by atoms with Gasteiger partial charge in [-0.1, -0.05) is 30.3 Å². The third kappa shape index (κ3) is 4.41. The molecule has 3 aromatic carbocycles.